The third-order valence-electron chi connectivity index (χ3n) is 5.47. The summed E-state index contributed by atoms with van der Waals surface area (Å²) >= 11 is 0. The average molecular weight is 394 g/mol. The lowest BCUT2D eigenvalue weighted by molar-refractivity contribution is -0.131. The van der Waals surface area contributed by atoms with Crippen molar-refractivity contribution in [3.63, 3.8) is 0 Å². The molecule has 154 valence electrons. The fraction of sp³-hybridized carbons (Fsp3) is 0.417. The summed E-state index contributed by atoms with van der Waals surface area (Å²) in [7, 11) is 0. The normalized spacial score (nSPS) is 15.1. The van der Waals surface area contributed by atoms with Gasteiger partial charge in [-0.05, 0) is 37.8 Å². The van der Waals surface area contributed by atoms with Crippen molar-refractivity contribution in [2.45, 2.75) is 39.2 Å². The van der Waals surface area contributed by atoms with Crippen molar-refractivity contribution in [1.29, 1.82) is 0 Å². The van der Waals surface area contributed by atoms with Gasteiger partial charge < -0.3 is 15.1 Å². The van der Waals surface area contributed by atoms with Crippen LogP contribution >= 0.6 is 0 Å². The van der Waals surface area contributed by atoms with Gasteiger partial charge in [0, 0.05) is 32.2 Å². The molecule has 1 N–H and O–H groups in total. The lowest BCUT2D eigenvalue weighted by atomic mass is 10.1. The molecule has 0 aromatic heterocycles. The van der Waals surface area contributed by atoms with Crippen LogP contribution in [-0.4, -0.2) is 54.0 Å². The van der Waals surface area contributed by atoms with Gasteiger partial charge in [-0.25, -0.2) is 4.79 Å². The summed E-state index contributed by atoms with van der Waals surface area (Å²) in [6, 6.07) is 18.5. The molecule has 1 aliphatic heterocycles. The van der Waals surface area contributed by atoms with Gasteiger partial charge in [-0.1, -0.05) is 60.2 Å². The molecule has 5 heteroatoms. The third kappa shape index (κ3) is 6.34. The molecule has 0 saturated carbocycles. The number of nitrogens with one attached hydrogen (secondary N) is 1. The van der Waals surface area contributed by atoms with Crippen molar-refractivity contribution in [2.24, 2.45) is 0 Å². The van der Waals surface area contributed by atoms with E-state index in [-0.39, 0.29) is 18.0 Å². The largest absolute Gasteiger partial charge is 0.339 e. The minimum Gasteiger partial charge on any atom is -0.339 e. The van der Waals surface area contributed by atoms with Crippen molar-refractivity contribution >= 4 is 11.9 Å². The van der Waals surface area contributed by atoms with Crippen molar-refractivity contribution in [3.05, 3.63) is 71.3 Å². The molecule has 5 nitrogen and oxygen atoms in total. The molecule has 1 heterocycles. The lowest BCUT2D eigenvalue weighted by Crippen LogP contribution is -2.54. The molecule has 2 aromatic carbocycles. The zero-order valence-corrected chi connectivity index (χ0v) is 17.4. The first kappa shape index (κ1) is 20.9. The van der Waals surface area contributed by atoms with Crippen LogP contribution in [0.3, 0.4) is 0 Å². The van der Waals surface area contributed by atoms with E-state index in [2.05, 4.69) is 17.4 Å². The van der Waals surface area contributed by atoms with Crippen LogP contribution in [-0.2, 0) is 17.6 Å². The Morgan fingerprint density at radius 1 is 0.897 bits per heavy atom. The molecule has 1 aliphatic rings. The van der Waals surface area contributed by atoms with Gasteiger partial charge in [-0.2, -0.15) is 0 Å². The first-order valence-electron chi connectivity index (χ1n) is 10.4. The topological polar surface area (TPSA) is 52.7 Å². The smallest absolute Gasteiger partial charge is 0.317 e. The Hall–Kier alpha value is -2.82. The van der Waals surface area contributed by atoms with E-state index in [1.807, 2.05) is 66.1 Å². The summed E-state index contributed by atoms with van der Waals surface area (Å²) in [6.45, 7) is 6.43. The SMILES string of the molecule is Cc1ccc(CC(=O)N2CCN(C(=O)NC(C)CCc3ccccc3)CC2)cc1. The van der Waals surface area contributed by atoms with E-state index >= 15 is 0 Å². The highest BCUT2D eigenvalue weighted by molar-refractivity contribution is 5.79. The minimum absolute atomic E-state index is 0.0313. The molecule has 29 heavy (non-hydrogen) atoms. The number of urea groups is 1. The number of carbonyl (C=O) groups is 2. The minimum atomic E-state index is -0.0313. The number of nitrogens with zero attached hydrogens (tertiary/aromatic N) is 2. The molecule has 0 aliphatic carbocycles. The number of hydrogen-bond donors (Lipinski definition) is 1. The van der Waals surface area contributed by atoms with Crippen LogP contribution < -0.4 is 5.32 Å². The maximum absolute atomic E-state index is 12.5. The molecule has 0 radical (unpaired) electrons. The van der Waals surface area contributed by atoms with Crippen molar-refractivity contribution in [1.82, 2.24) is 15.1 Å². The molecule has 0 spiro atoms. The van der Waals surface area contributed by atoms with Gasteiger partial charge in [0.25, 0.3) is 0 Å². The summed E-state index contributed by atoms with van der Waals surface area (Å²) in [6.07, 6.45) is 2.28. The second kappa shape index (κ2) is 10.1. The standard InChI is InChI=1S/C24H31N3O2/c1-19-8-11-22(12-9-19)18-23(28)26-14-16-27(17-15-26)24(29)25-20(2)10-13-21-6-4-3-5-7-21/h3-9,11-12,20H,10,13-18H2,1-2H3,(H,25,29). The number of benzene rings is 2. The maximum atomic E-state index is 12.5. The Morgan fingerprint density at radius 3 is 2.17 bits per heavy atom. The highest BCUT2D eigenvalue weighted by Gasteiger charge is 2.24. The van der Waals surface area contributed by atoms with Gasteiger partial charge in [-0.3, -0.25) is 4.79 Å². The van der Waals surface area contributed by atoms with Crippen LogP contribution in [0.4, 0.5) is 4.79 Å². The number of carbonyl (C=O) groups excluding carboxylic acids is 2. The highest BCUT2D eigenvalue weighted by atomic mass is 16.2. The molecular weight excluding hydrogens is 362 g/mol. The highest BCUT2D eigenvalue weighted by Crippen LogP contribution is 2.10. The molecule has 1 saturated heterocycles. The second-order valence-corrected chi connectivity index (χ2v) is 7.91. The van der Waals surface area contributed by atoms with E-state index in [4.69, 9.17) is 0 Å². The molecule has 2 aromatic rings. The summed E-state index contributed by atoms with van der Waals surface area (Å²) in [5, 5.41) is 3.09. The zero-order valence-electron chi connectivity index (χ0n) is 17.4. The number of rotatable bonds is 6. The van der Waals surface area contributed by atoms with Crippen LogP contribution in [0.2, 0.25) is 0 Å². The van der Waals surface area contributed by atoms with Gasteiger partial charge in [0.1, 0.15) is 0 Å². The molecule has 0 bridgehead atoms. The molecule has 1 fully saturated rings. The summed E-state index contributed by atoms with van der Waals surface area (Å²) in [5.41, 5.74) is 3.51. The van der Waals surface area contributed by atoms with Crippen molar-refractivity contribution < 1.29 is 9.59 Å². The maximum Gasteiger partial charge on any atom is 0.317 e. The van der Waals surface area contributed by atoms with Crippen LogP contribution in [0.15, 0.2) is 54.6 Å². The Kier molecular flexibility index (Phi) is 7.28. The summed E-state index contributed by atoms with van der Waals surface area (Å²) in [4.78, 5) is 28.7. The Bertz CT molecular complexity index is 797. The fourth-order valence-electron chi connectivity index (χ4n) is 3.55. The monoisotopic (exact) mass is 393 g/mol. The molecule has 3 amide bonds. The van der Waals surface area contributed by atoms with Crippen LogP contribution in [0, 0.1) is 6.92 Å². The molecule has 1 unspecified atom stereocenters. The quantitative estimate of drug-likeness (QED) is 0.818. The van der Waals surface area contributed by atoms with Crippen molar-refractivity contribution in [2.75, 3.05) is 26.2 Å². The zero-order chi connectivity index (χ0) is 20.6. The predicted molar refractivity (Wildman–Crippen MR) is 116 cm³/mol. The van der Waals surface area contributed by atoms with E-state index in [0.29, 0.717) is 32.6 Å². The molecule has 3 rings (SSSR count). The lowest BCUT2D eigenvalue weighted by Gasteiger charge is -2.35. The number of amides is 3. The fourth-order valence-corrected chi connectivity index (χ4v) is 3.55. The van der Waals surface area contributed by atoms with E-state index in [1.54, 1.807) is 0 Å². The van der Waals surface area contributed by atoms with Crippen LogP contribution in [0.1, 0.15) is 30.0 Å². The first-order valence-corrected chi connectivity index (χ1v) is 10.4. The van der Waals surface area contributed by atoms with Gasteiger partial charge >= 0.3 is 6.03 Å². The summed E-state index contributed by atoms with van der Waals surface area (Å²) < 4.78 is 0. The van der Waals surface area contributed by atoms with Crippen LogP contribution in [0.5, 0.6) is 0 Å². The number of hydrogen-bond acceptors (Lipinski definition) is 2. The van der Waals surface area contributed by atoms with E-state index in [9.17, 15) is 9.59 Å². The Morgan fingerprint density at radius 2 is 1.52 bits per heavy atom. The van der Waals surface area contributed by atoms with Gasteiger partial charge in [0.05, 0.1) is 6.42 Å². The average Bonchev–Trinajstić information content (AvgIpc) is 2.74. The molecule has 1 atom stereocenters. The number of piperazine rings is 1. The van der Waals surface area contributed by atoms with Gasteiger partial charge in [-0.15, -0.1) is 0 Å². The van der Waals surface area contributed by atoms with Gasteiger partial charge in [0.2, 0.25) is 5.91 Å². The van der Waals surface area contributed by atoms with E-state index < -0.39 is 0 Å². The first-order chi connectivity index (χ1) is 14.0. The molecular formula is C24H31N3O2. The van der Waals surface area contributed by atoms with E-state index in [0.717, 1.165) is 18.4 Å². The Balaban J connectivity index is 1.39. The number of aryl methyl sites for hydroxylation is 2. The predicted octanol–water partition coefficient (Wildman–Crippen LogP) is 3.41. The van der Waals surface area contributed by atoms with Crippen LogP contribution in [0.25, 0.3) is 0 Å². The second-order valence-electron chi connectivity index (χ2n) is 7.91. The summed E-state index contributed by atoms with van der Waals surface area (Å²) in [5.74, 6) is 0.130. The van der Waals surface area contributed by atoms with E-state index in [1.165, 1.54) is 11.1 Å². The van der Waals surface area contributed by atoms with Crippen molar-refractivity contribution in [3.8, 4) is 0 Å². The third-order valence-corrected chi connectivity index (χ3v) is 5.47. The Labute approximate surface area is 173 Å². The van der Waals surface area contributed by atoms with Gasteiger partial charge in [0.15, 0.2) is 0 Å².